The van der Waals surface area contributed by atoms with Crippen molar-refractivity contribution in [1.29, 1.82) is 0 Å². The van der Waals surface area contributed by atoms with Crippen molar-refractivity contribution >= 4 is 39.2 Å². The number of hydrogen-bond acceptors (Lipinski definition) is 4. The molecule has 0 saturated carbocycles. The topological polar surface area (TPSA) is 66.9 Å². The molecule has 1 aromatic heterocycles. The van der Waals surface area contributed by atoms with Gasteiger partial charge in [0.05, 0.1) is 0 Å². The second kappa shape index (κ2) is 7.02. The maximum absolute atomic E-state index is 12.3. The molecule has 0 atom stereocenters. The minimum Gasteiger partial charge on any atom is -0.324 e. The zero-order chi connectivity index (χ0) is 16.1. The summed E-state index contributed by atoms with van der Waals surface area (Å²) in [6.45, 7) is 0. The molecule has 0 aliphatic carbocycles. The van der Waals surface area contributed by atoms with Gasteiger partial charge < -0.3 is 10.6 Å². The number of benzene rings is 2. The minimum atomic E-state index is -0.286. The monoisotopic (exact) mass is 368 g/mol. The van der Waals surface area contributed by atoms with Gasteiger partial charge >= 0.3 is 0 Å². The Hall–Kier alpha value is -2.73. The zero-order valence-corrected chi connectivity index (χ0v) is 13.6. The van der Waals surface area contributed by atoms with E-state index < -0.39 is 0 Å². The van der Waals surface area contributed by atoms with Gasteiger partial charge in [-0.3, -0.25) is 4.79 Å². The molecule has 5 nitrogen and oxygen atoms in total. The van der Waals surface area contributed by atoms with E-state index in [0.717, 1.165) is 10.2 Å². The first-order valence-electron chi connectivity index (χ1n) is 6.93. The Balaban J connectivity index is 1.73. The summed E-state index contributed by atoms with van der Waals surface area (Å²) in [7, 11) is 0. The van der Waals surface area contributed by atoms with Gasteiger partial charge in [-0.15, -0.1) is 0 Å². The molecule has 0 aliphatic rings. The molecule has 0 unspecified atom stereocenters. The Labute approximate surface area is 141 Å². The van der Waals surface area contributed by atoms with Gasteiger partial charge in [0.15, 0.2) is 0 Å². The molecule has 3 rings (SSSR count). The number of para-hydroxylation sites is 1. The van der Waals surface area contributed by atoms with Gasteiger partial charge in [0, 0.05) is 22.0 Å². The van der Waals surface area contributed by atoms with Crippen LogP contribution in [0.2, 0.25) is 0 Å². The van der Waals surface area contributed by atoms with Crippen molar-refractivity contribution in [1.82, 2.24) is 9.97 Å². The van der Waals surface area contributed by atoms with Crippen LogP contribution in [-0.4, -0.2) is 15.9 Å². The van der Waals surface area contributed by atoms with E-state index in [-0.39, 0.29) is 5.91 Å². The fourth-order valence-electron chi connectivity index (χ4n) is 1.92. The molecule has 1 heterocycles. The van der Waals surface area contributed by atoms with Crippen molar-refractivity contribution < 1.29 is 4.79 Å². The van der Waals surface area contributed by atoms with E-state index in [1.165, 1.54) is 0 Å². The van der Waals surface area contributed by atoms with Gasteiger partial charge in [0.2, 0.25) is 5.95 Å². The predicted octanol–water partition coefficient (Wildman–Crippen LogP) is 4.24. The first-order chi connectivity index (χ1) is 11.2. The molecule has 1 amide bonds. The molecule has 6 heteroatoms. The first-order valence-corrected chi connectivity index (χ1v) is 7.72. The molecule has 114 valence electrons. The molecule has 2 N–H and O–H groups in total. The third-order valence-corrected chi connectivity index (χ3v) is 3.55. The van der Waals surface area contributed by atoms with Crippen LogP contribution in [0.15, 0.2) is 71.3 Å². The van der Waals surface area contributed by atoms with E-state index in [2.05, 4.69) is 36.5 Å². The lowest BCUT2D eigenvalue weighted by molar-refractivity contribution is 0.102. The Morgan fingerprint density at radius 2 is 1.65 bits per heavy atom. The minimum absolute atomic E-state index is 0.286. The average molecular weight is 369 g/mol. The second-order valence-corrected chi connectivity index (χ2v) is 5.63. The maximum Gasteiger partial charge on any atom is 0.274 e. The lowest BCUT2D eigenvalue weighted by atomic mass is 10.3. The molecule has 0 spiro atoms. The van der Waals surface area contributed by atoms with Crippen LogP contribution in [0.4, 0.5) is 17.3 Å². The van der Waals surface area contributed by atoms with Crippen molar-refractivity contribution in [3.63, 3.8) is 0 Å². The summed E-state index contributed by atoms with van der Waals surface area (Å²) in [6, 6.07) is 18.5. The number of rotatable bonds is 4. The van der Waals surface area contributed by atoms with Crippen molar-refractivity contribution in [3.8, 4) is 0 Å². The van der Waals surface area contributed by atoms with E-state index in [4.69, 9.17) is 0 Å². The average Bonchev–Trinajstić information content (AvgIpc) is 2.58. The molecule has 0 radical (unpaired) electrons. The molecule has 0 saturated heterocycles. The Morgan fingerprint density at radius 3 is 2.39 bits per heavy atom. The van der Waals surface area contributed by atoms with Gasteiger partial charge in [0.1, 0.15) is 5.69 Å². The Morgan fingerprint density at radius 1 is 0.913 bits per heavy atom. The van der Waals surface area contributed by atoms with Crippen molar-refractivity contribution in [3.05, 3.63) is 77.0 Å². The van der Waals surface area contributed by atoms with Gasteiger partial charge in [-0.2, -0.15) is 0 Å². The van der Waals surface area contributed by atoms with Crippen LogP contribution in [0.5, 0.6) is 0 Å². The van der Waals surface area contributed by atoms with Crippen LogP contribution in [0, 0.1) is 0 Å². The molecule has 3 aromatic rings. The van der Waals surface area contributed by atoms with E-state index in [0.29, 0.717) is 17.3 Å². The van der Waals surface area contributed by atoms with Gasteiger partial charge in [-0.1, -0.05) is 34.1 Å². The summed E-state index contributed by atoms with van der Waals surface area (Å²) < 4.78 is 0.951. The summed E-state index contributed by atoms with van der Waals surface area (Å²) >= 11 is 3.36. The van der Waals surface area contributed by atoms with Crippen molar-refractivity contribution in [2.75, 3.05) is 10.6 Å². The molecular formula is C17H13BrN4O. The van der Waals surface area contributed by atoms with Crippen molar-refractivity contribution in [2.24, 2.45) is 0 Å². The number of anilines is 3. The normalized spacial score (nSPS) is 10.1. The van der Waals surface area contributed by atoms with Gasteiger partial charge in [-0.05, 0) is 42.5 Å². The van der Waals surface area contributed by atoms with E-state index in [1.807, 2.05) is 54.6 Å². The lowest BCUT2D eigenvalue weighted by Crippen LogP contribution is -2.14. The van der Waals surface area contributed by atoms with Crippen LogP contribution in [0.1, 0.15) is 10.5 Å². The number of hydrogen-bond donors (Lipinski definition) is 2. The Kier molecular flexibility index (Phi) is 4.63. The highest BCUT2D eigenvalue weighted by atomic mass is 79.9. The summed E-state index contributed by atoms with van der Waals surface area (Å²) in [6.07, 6.45) is 1.55. The molecule has 0 fully saturated rings. The van der Waals surface area contributed by atoms with Crippen molar-refractivity contribution in [2.45, 2.75) is 0 Å². The number of aromatic nitrogens is 2. The number of nitrogens with zero attached hydrogens (tertiary/aromatic N) is 2. The molecule has 2 aromatic carbocycles. The summed E-state index contributed by atoms with van der Waals surface area (Å²) in [5, 5.41) is 5.86. The van der Waals surface area contributed by atoms with Crippen LogP contribution in [0.25, 0.3) is 0 Å². The number of nitrogens with one attached hydrogen (secondary N) is 2. The lowest BCUT2D eigenvalue weighted by Gasteiger charge is -2.07. The van der Waals surface area contributed by atoms with Gasteiger partial charge in [-0.25, -0.2) is 9.97 Å². The fourth-order valence-corrected chi connectivity index (χ4v) is 2.19. The summed E-state index contributed by atoms with van der Waals surface area (Å²) in [5.74, 6) is 0.0884. The van der Waals surface area contributed by atoms with Crippen LogP contribution in [0.3, 0.4) is 0 Å². The SMILES string of the molecule is O=C(Nc1ccc(Br)cc1)c1ccnc(Nc2ccccc2)n1. The zero-order valence-electron chi connectivity index (χ0n) is 12.0. The number of carbonyl (C=O) groups excluding carboxylic acids is 1. The highest BCUT2D eigenvalue weighted by Gasteiger charge is 2.09. The largest absolute Gasteiger partial charge is 0.324 e. The summed E-state index contributed by atoms with van der Waals surface area (Å²) in [5.41, 5.74) is 1.86. The van der Waals surface area contributed by atoms with Crippen LogP contribution >= 0.6 is 15.9 Å². The third-order valence-electron chi connectivity index (χ3n) is 3.02. The first kappa shape index (κ1) is 15.2. The number of amides is 1. The maximum atomic E-state index is 12.3. The highest BCUT2D eigenvalue weighted by Crippen LogP contribution is 2.15. The van der Waals surface area contributed by atoms with E-state index in [1.54, 1.807) is 12.3 Å². The smallest absolute Gasteiger partial charge is 0.274 e. The van der Waals surface area contributed by atoms with Crippen LogP contribution < -0.4 is 10.6 Å². The molecule has 0 bridgehead atoms. The van der Waals surface area contributed by atoms with E-state index >= 15 is 0 Å². The van der Waals surface area contributed by atoms with Gasteiger partial charge in [0.25, 0.3) is 5.91 Å². The quantitative estimate of drug-likeness (QED) is 0.722. The summed E-state index contributed by atoms with van der Waals surface area (Å²) in [4.78, 5) is 20.6. The standard InChI is InChI=1S/C17H13BrN4O/c18-12-6-8-14(9-7-12)20-16(23)15-10-11-19-17(22-15)21-13-4-2-1-3-5-13/h1-11H,(H,20,23)(H,19,21,22). The number of halogens is 1. The van der Waals surface area contributed by atoms with Crippen LogP contribution in [-0.2, 0) is 0 Å². The molecule has 23 heavy (non-hydrogen) atoms. The number of carbonyl (C=O) groups is 1. The van der Waals surface area contributed by atoms with E-state index in [9.17, 15) is 4.79 Å². The fraction of sp³-hybridized carbons (Fsp3) is 0. The second-order valence-electron chi connectivity index (χ2n) is 4.72. The molecule has 0 aliphatic heterocycles. The molecular weight excluding hydrogens is 356 g/mol. The predicted molar refractivity (Wildman–Crippen MR) is 93.9 cm³/mol. The highest BCUT2D eigenvalue weighted by molar-refractivity contribution is 9.10. The third kappa shape index (κ3) is 4.14. The Bertz CT molecular complexity index is 806.